The SMILES string of the molecule is CC1(c2ccccc2)CC1(Cl)Br. The standard InChI is InChI=1S/C10H10BrCl/c1-9(7-10(9,11)12)8-5-3-2-4-6-8/h2-6H,7H2,1H3. The molecule has 1 aromatic carbocycles. The Labute approximate surface area is 86.1 Å². The van der Waals surface area contributed by atoms with Gasteiger partial charge in [-0.2, -0.15) is 0 Å². The van der Waals surface area contributed by atoms with Crippen LogP contribution >= 0.6 is 27.5 Å². The summed E-state index contributed by atoms with van der Waals surface area (Å²) in [5.41, 5.74) is 1.44. The molecule has 2 rings (SSSR count). The molecule has 12 heavy (non-hydrogen) atoms. The highest BCUT2D eigenvalue weighted by Gasteiger charge is 2.62. The number of hydrogen-bond donors (Lipinski definition) is 0. The van der Waals surface area contributed by atoms with E-state index in [0.717, 1.165) is 6.42 Å². The largest absolute Gasteiger partial charge is 0.110 e. The van der Waals surface area contributed by atoms with Gasteiger partial charge in [0, 0.05) is 5.41 Å². The molecule has 1 aliphatic carbocycles. The van der Waals surface area contributed by atoms with Crippen LogP contribution in [0, 0.1) is 0 Å². The fourth-order valence-electron chi connectivity index (χ4n) is 1.52. The van der Waals surface area contributed by atoms with Crippen molar-refractivity contribution in [3.8, 4) is 0 Å². The average molecular weight is 246 g/mol. The van der Waals surface area contributed by atoms with Gasteiger partial charge in [0.1, 0.15) is 3.78 Å². The molecule has 0 radical (unpaired) electrons. The van der Waals surface area contributed by atoms with Gasteiger partial charge in [-0.1, -0.05) is 53.2 Å². The van der Waals surface area contributed by atoms with E-state index in [0.29, 0.717) is 0 Å². The minimum absolute atomic E-state index is 0.121. The second kappa shape index (κ2) is 2.49. The highest BCUT2D eigenvalue weighted by Crippen LogP contribution is 2.65. The monoisotopic (exact) mass is 244 g/mol. The van der Waals surface area contributed by atoms with Gasteiger partial charge in [-0.05, 0) is 12.0 Å². The van der Waals surface area contributed by atoms with Crippen molar-refractivity contribution in [2.24, 2.45) is 0 Å². The summed E-state index contributed by atoms with van der Waals surface area (Å²) in [4.78, 5) is 0. The lowest BCUT2D eigenvalue weighted by Crippen LogP contribution is -2.08. The van der Waals surface area contributed by atoms with E-state index >= 15 is 0 Å². The third-order valence-electron chi connectivity index (χ3n) is 2.67. The second-order valence-electron chi connectivity index (χ2n) is 3.58. The summed E-state index contributed by atoms with van der Waals surface area (Å²) in [5.74, 6) is 0. The minimum atomic E-state index is -0.207. The zero-order valence-electron chi connectivity index (χ0n) is 6.85. The Morgan fingerprint density at radius 3 is 2.25 bits per heavy atom. The molecule has 1 aromatic rings. The molecule has 1 fully saturated rings. The van der Waals surface area contributed by atoms with Crippen molar-refractivity contribution in [2.75, 3.05) is 0 Å². The van der Waals surface area contributed by atoms with Gasteiger partial charge in [0.15, 0.2) is 0 Å². The first-order valence-electron chi connectivity index (χ1n) is 4.00. The Bertz CT molecular complexity index is 294. The van der Waals surface area contributed by atoms with Gasteiger partial charge in [0.2, 0.25) is 0 Å². The van der Waals surface area contributed by atoms with Crippen molar-refractivity contribution in [1.82, 2.24) is 0 Å². The summed E-state index contributed by atoms with van der Waals surface area (Å²) in [5, 5.41) is 0. The Hall–Kier alpha value is -0.0100. The van der Waals surface area contributed by atoms with E-state index in [4.69, 9.17) is 11.6 Å². The smallest absolute Gasteiger partial charge is 0.106 e. The fraction of sp³-hybridized carbons (Fsp3) is 0.400. The van der Waals surface area contributed by atoms with Crippen LogP contribution < -0.4 is 0 Å². The summed E-state index contributed by atoms with van der Waals surface area (Å²) < 4.78 is -0.207. The normalized spacial score (nSPS) is 39.6. The molecule has 0 heterocycles. The van der Waals surface area contributed by atoms with Crippen molar-refractivity contribution in [3.05, 3.63) is 35.9 Å². The fourth-order valence-corrected chi connectivity index (χ4v) is 2.69. The number of benzene rings is 1. The third kappa shape index (κ3) is 1.11. The van der Waals surface area contributed by atoms with Crippen LogP contribution in [0.25, 0.3) is 0 Å². The highest BCUT2D eigenvalue weighted by molar-refractivity contribution is 9.10. The molecule has 0 amide bonds. The lowest BCUT2D eigenvalue weighted by atomic mass is 9.99. The Kier molecular flexibility index (Phi) is 1.78. The maximum atomic E-state index is 6.20. The van der Waals surface area contributed by atoms with Crippen LogP contribution in [0.1, 0.15) is 18.9 Å². The van der Waals surface area contributed by atoms with Gasteiger partial charge in [0.05, 0.1) is 0 Å². The minimum Gasteiger partial charge on any atom is -0.106 e. The molecule has 0 nitrogen and oxygen atoms in total. The molecular formula is C10H10BrCl. The van der Waals surface area contributed by atoms with Gasteiger partial charge in [-0.3, -0.25) is 0 Å². The van der Waals surface area contributed by atoms with Crippen LogP contribution in [0.15, 0.2) is 30.3 Å². The molecule has 2 unspecified atom stereocenters. The van der Waals surface area contributed by atoms with E-state index in [9.17, 15) is 0 Å². The summed E-state index contributed by atoms with van der Waals surface area (Å²) in [6.45, 7) is 2.18. The van der Waals surface area contributed by atoms with E-state index in [1.807, 2.05) is 6.07 Å². The third-order valence-corrected chi connectivity index (χ3v) is 4.37. The molecular weight excluding hydrogens is 235 g/mol. The predicted molar refractivity (Wildman–Crippen MR) is 55.9 cm³/mol. The molecule has 2 atom stereocenters. The van der Waals surface area contributed by atoms with E-state index < -0.39 is 0 Å². The summed E-state index contributed by atoms with van der Waals surface area (Å²) >= 11 is 9.71. The first-order valence-corrected chi connectivity index (χ1v) is 5.17. The summed E-state index contributed by atoms with van der Waals surface area (Å²) in [6, 6.07) is 10.4. The van der Waals surface area contributed by atoms with Crippen molar-refractivity contribution < 1.29 is 0 Å². The molecule has 0 saturated heterocycles. The molecule has 0 bridgehead atoms. The summed E-state index contributed by atoms with van der Waals surface area (Å²) in [6.07, 6.45) is 1.01. The maximum absolute atomic E-state index is 6.20. The topological polar surface area (TPSA) is 0 Å². The molecule has 0 N–H and O–H groups in total. The second-order valence-corrected chi connectivity index (χ2v) is 6.03. The van der Waals surface area contributed by atoms with Crippen LogP contribution in [-0.4, -0.2) is 3.78 Å². The Balaban J connectivity index is 2.35. The number of hydrogen-bond acceptors (Lipinski definition) is 0. The average Bonchev–Trinajstić information content (AvgIpc) is 2.55. The van der Waals surface area contributed by atoms with Crippen LogP contribution in [0.2, 0.25) is 0 Å². The molecule has 1 saturated carbocycles. The van der Waals surface area contributed by atoms with E-state index in [2.05, 4.69) is 47.1 Å². The molecule has 0 aromatic heterocycles. The van der Waals surface area contributed by atoms with Gasteiger partial charge < -0.3 is 0 Å². The van der Waals surface area contributed by atoms with Crippen LogP contribution in [0.4, 0.5) is 0 Å². The van der Waals surface area contributed by atoms with Crippen molar-refractivity contribution in [1.29, 1.82) is 0 Å². The van der Waals surface area contributed by atoms with Crippen molar-refractivity contribution in [2.45, 2.75) is 22.5 Å². The molecule has 1 aliphatic rings. The van der Waals surface area contributed by atoms with Gasteiger partial charge in [0.25, 0.3) is 0 Å². The first kappa shape index (κ1) is 8.58. The Morgan fingerprint density at radius 1 is 1.33 bits per heavy atom. The number of rotatable bonds is 1. The molecule has 2 heteroatoms. The zero-order chi connectivity index (χ0) is 8.82. The van der Waals surface area contributed by atoms with Crippen LogP contribution in [0.3, 0.4) is 0 Å². The maximum Gasteiger partial charge on any atom is 0.110 e. The van der Waals surface area contributed by atoms with E-state index in [-0.39, 0.29) is 9.20 Å². The highest BCUT2D eigenvalue weighted by atomic mass is 79.9. The first-order chi connectivity index (χ1) is 5.56. The van der Waals surface area contributed by atoms with Crippen LogP contribution in [-0.2, 0) is 5.41 Å². The predicted octanol–water partition coefficient (Wildman–Crippen LogP) is 3.68. The number of halogens is 2. The zero-order valence-corrected chi connectivity index (χ0v) is 9.19. The van der Waals surface area contributed by atoms with Crippen molar-refractivity contribution >= 4 is 27.5 Å². The quantitative estimate of drug-likeness (QED) is 0.662. The lowest BCUT2D eigenvalue weighted by Gasteiger charge is -2.11. The lowest BCUT2D eigenvalue weighted by molar-refractivity contribution is 0.781. The summed E-state index contributed by atoms with van der Waals surface area (Å²) in [7, 11) is 0. The number of alkyl halides is 2. The van der Waals surface area contributed by atoms with Crippen LogP contribution in [0.5, 0.6) is 0 Å². The molecule has 0 spiro atoms. The van der Waals surface area contributed by atoms with E-state index in [1.165, 1.54) is 5.56 Å². The van der Waals surface area contributed by atoms with Crippen molar-refractivity contribution in [3.63, 3.8) is 0 Å². The van der Waals surface area contributed by atoms with Gasteiger partial charge in [-0.25, -0.2) is 0 Å². The van der Waals surface area contributed by atoms with Gasteiger partial charge in [-0.15, -0.1) is 11.6 Å². The molecule has 0 aliphatic heterocycles. The van der Waals surface area contributed by atoms with Gasteiger partial charge >= 0.3 is 0 Å². The molecule has 64 valence electrons. The van der Waals surface area contributed by atoms with E-state index in [1.54, 1.807) is 0 Å². The Morgan fingerprint density at radius 2 is 1.83 bits per heavy atom.